The highest BCUT2D eigenvalue weighted by Crippen LogP contribution is 2.36. The standard InChI is InChI=1S/C46H60N4O9/c1-9-16-35(44(54)59-46(4,5)6)48-41(51)33-23-31(58-38-26-36(28-17-12-10-13-18-28)47-37-25-30(56-7)21-22-32(37)38)24-34(33)42(52)49-39(27(2)3)43(53)50-40(45(55)57-8)29-19-14-11-15-20-29/h10,12-13,17-18,21-22,24-27,29,31,33,35,39-40H,9,11,14-16,19-20,23H2,1-8H3,(H,48,51)(H,49,52)(H,50,53)/t31?,33-,35+,39+,40+/m1/s1. The van der Waals surface area contributed by atoms with E-state index in [1.807, 2.05) is 55.5 Å². The van der Waals surface area contributed by atoms with E-state index in [4.69, 9.17) is 23.9 Å². The molecular weight excluding hydrogens is 753 g/mol. The number of esters is 2. The van der Waals surface area contributed by atoms with Crippen LogP contribution in [0.5, 0.6) is 11.5 Å². The summed E-state index contributed by atoms with van der Waals surface area (Å²) < 4.78 is 22.9. The van der Waals surface area contributed by atoms with E-state index in [1.54, 1.807) is 53.9 Å². The summed E-state index contributed by atoms with van der Waals surface area (Å²) in [4.78, 5) is 73.7. The number of ether oxygens (including phenoxy) is 4. The normalized spacial score (nSPS) is 18.6. The van der Waals surface area contributed by atoms with Crippen LogP contribution in [0.2, 0.25) is 0 Å². The summed E-state index contributed by atoms with van der Waals surface area (Å²) in [5.74, 6) is -3.25. The summed E-state index contributed by atoms with van der Waals surface area (Å²) >= 11 is 0. The lowest BCUT2D eigenvalue weighted by molar-refractivity contribution is -0.159. The van der Waals surface area contributed by atoms with Crippen molar-refractivity contribution in [2.24, 2.45) is 17.8 Å². The molecule has 1 unspecified atom stereocenters. The second kappa shape index (κ2) is 20.0. The Morgan fingerprint density at radius 3 is 2.22 bits per heavy atom. The topological polar surface area (TPSA) is 171 Å². The van der Waals surface area contributed by atoms with E-state index in [-0.39, 0.29) is 23.8 Å². The number of hydrogen-bond acceptors (Lipinski definition) is 10. The van der Waals surface area contributed by atoms with Gasteiger partial charge in [-0.25, -0.2) is 14.6 Å². The van der Waals surface area contributed by atoms with Crippen LogP contribution >= 0.6 is 0 Å². The fourth-order valence-corrected chi connectivity index (χ4v) is 7.78. The summed E-state index contributed by atoms with van der Waals surface area (Å²) in [6, 6.07) is 14.1. The minimum Gasteiger partial charge on any atom is -0.497 e. The van der Waals surface area contributed by atoms with Crippen LogP contribution in [-0.2, 0) is 33.4 Å². The van der Waals surface area contributed by atoms with Crippen molar-refractivity contribution in [1.82, 2.24) is 20.9 Å². The Balaban J connectivity index is 1.48. The number of fused-ring (bicyclic) bond motifs is 1. The predicted octanol–water partition coefficient (Wildman–Crippen LogP) is 6.61. The van der Waals surface area contributed by atoms with E-state index in [2.05, 4.69) is 16.0 Å². The molecule has 0 radical (unpaired) electrons. The molecule has 13 nitrogen and oxygen atoms in total. The second-order valence-electron chi connectivity index (χ2n) is 16.8. The molecule has 1 aromatic heterocycles. The van der Waals surface area contributed by atoms with Crippen LogP contribution < -0.4 is 25.4 Å². The van der Waals surface area contributed by atoms with E-state index >= 15 is 0 Å². The number of nitrogens with zero attached hydrogens (tertiary/aromatic N) is 1. The SMILES string of the molecule is CCC[C@H](NC(=O)[C@@H]1CC(Oc2cc(-c3ccccc3)nc3cc(OC)ccc23)C=C1C(=O)N[C@H](C(=O)N[C@H](C(=O)OC)C1CCCCC1)C(C)C)C(=O)OC(C)(C)C. The number of carbonyl (C=O) groups excluding carboxylic acids is 5. The fraction of sp³-hybridized carbons (Fsp3) is 0.522. The second-order valence-corrected chi connectivity index (χ2v) is 16.8. The van der Waals surface area contributed by atoms with Crippen molar-refractivity contribution in [1.29, 1.82) is 0 Å². The maximum absolute atomic E-state index is 14.4. The molecule has 3 aromatic rings. The average molecular weight is 813 g/mol. The highest BCUT2D eigenvalue weighted by molar-refractivity contribution is 6.03. The molecule has 1 saturated carbocycles. The van der Waals surface area contributed by atoms with Gasteiger partial charge in [0.25, 0.3) is 0 Å². The molecule has 5 rings (SSSR count). The van der Waals surface area contributed by atoms with Crippen LogP contribution in [-0.4, -0.2) is 78.7 Å². The molecule has 0 aliphatic heterocycles. The smallest absolute Gasteiger partial charge is 0.329 e. The van der Waals surface area contributed by atoms with E-state index < -0.39 is 65.4 Å². The molecule has 0 spiro atoms. The summed E-state index contributed by atoms with van der Waals surface area (Å²) in [5.41, 5.74) is 1.45. The Kier molecular flexibility index (Phi) is 15.1. The van der Waals surface area contributed by atoms with Crippen LogP contribution in [0.1, 0.15) is 92.9 Å². The third-order valence-electron chi connectivity index (χ3n) is 10.8. The van der Waals surface area contributed by atoms with Gasteiger partial charge >= 0.3 is 11.9 Å². The molecule has 13 heteroatoms. The van der Waals surface area contributed by atoms with Crippen molar-refractivity contribution in [2.75, 3.05) is 14.2 Å². The highest BCUT2D eigenvalue weighted by atomic mass is 16.6. The van der Waals surface area contributed by atoms with Crippen LogP contribution in [0.3, 0.4) is 0 Å². The first-order valence-corrected chi connectivity index (χ1v) is 20.8. The third-order valence-corrected chi connectivity index (χ3v) is 10.8. The number of rotatable bonds is 16. The number of amides is 3. The van der Waals surface area contributed by atoms with Crippen LogP contribution in [0, 0.1) is 17.8 Å². The van der Waals surface area contributed by atoms with Crippen molar-refractivity contribution in [2.45, 2.75) is 123 Å². The molecule has 1 fully saturated rings. The van der Waals surface area contributed by atoms with Crippen molar-refractivity contribution in [3.63, 3.8) is 0 Å². The van der Waals surface area contributed by atoms with Gasteiger partial charge in [-0.05, 0) is 70.1 Å². The van der Waals surface area contributed by atoms with Gasteiger partial charge in [0.2, 0.25) is 17.7 Å². The van der Waals surface area contributed by atoms with Gasteiger partial charge in [0.15, 0.2) is 0 Å². The van der Waals surface area contributed by atoms with E-state index in [0.717, 1.165) is 37.7 Å². The Morgan fingerprint density at radius 2 is 1.59 bits per heavy atom. The average Bonchev–Trinajstić information content (AvgIpc) is 3.65. The first-order chi connectivity index (χ1) is 28.1. The molecule has 318 valence electrons. The molecule has 3 N–H and O–H groups in total. The molecular formula is C46H60N4O9. The molecule has 59 heavy (non-hydrogen) atoms. The maximum atomic E-state index is 14.4. The van der Waals surface area contributed by atoms with Gasteiger partial charge in [0, 0.05) is 35.1 Å². The minimum absolute atomic E-state index is 0.0625. The molecule has 2 aliphatic carbocycles. The number of hydrogen-bond donors (Lipinski definition) is 3. The Morgan fingerprint density at radius 1 is 0.881 bits per heavy atom. The van der Waals surface area contributed by atoms with Crippen molar-refractivity contribution >= 4 is 40.6 Å². The largest absolute Gasteiger partial charge is 0.497 e. The molecule has 3 amide bonds. The number of nitrogens with one attached hydrogen (secondary N) is 3. The number of benzene rings is 2. The summed E-state index contributed by atoms with van der Waals surface area (Å²) in [5, 5.41) is 9.32. The lowest BCUT2D eigenvalue weighted by atomic mass is 9.83. The molecule has 0 saturated heterocycles. The monoisotopic (exact) mass is 812 g/mol. The first kappa shape index (κ1) is 44.6. The quantitative estimate of drug-likeness (QED) is 0.134. The van der Waals surface area contributed by atoms with E-state index in [0.29, 0.717) is 40.9 Å². The molecule has 2 aliphatic rings. The zero-order valence-electron chi connectivity index (χ0n) is 35.6. The van der Waals surface area contributed by atoms with Gasteiger partial charge in [-0.3, -0.25) is 14.4 Å². The van der Waals surface area contributed by atoms with Crippen LogP contribution in [0.4, 0.5) is 0 Å². The summed E-state index contributed by atoms with van der Waals surface area (Å²) in [7, 11) is 2.88. The fourth-order valence-electron chi connectivity index (χ4n) is 7.78. The van der Waals surface area contributed by atoms with Crippen LogP contribution in [0.25, 0.3) is 22.2 Å². The van der Waals surface area contributed by atoms with Crippen molar-refractivity contribution in [3.05, 3.63) is 66.2 Å². The van der Waals surface area contributed by atoms with Gasteiger partial charge in [0.05, 0.1) is 31.3 Å². The zero-order chi connectivity index (χ0) is 42.9. The lowest BCUT2D eigenvalue weighted by Crippen LogP contribution is -2.56. The summed E-state index contributed by atoms with van der Waals surface area (Å²) in [6.07, 6.45) is 6.33. The van der Waals surface area contributed by atoms with Gasteiger partial charge in [-0.2, -0.15) is 0 Å². The molecule has 5 atom stereocenters. The minimum atomic E-state index is -1.05. The number of pyridine rings is 1. The Hall–Kier alpha value is -5.46. The molecule has 2 aromatic carbocycles. The Bertz CT molecular complexity index is 2000. The van der Waals surface area contributed by atoms with Gasteiger partial charge in [0.1, 0.15) is 41.3 Å². The van der Waals surface area contributed by atoms with Gasteiger partial charge in [-0.1, -0.05) is 76.8 Å². The predicted molar refractivity (Wildman–Crippen MR) is 224 cm³/mol. The van der Waals surface area contributed by atoms with E-state index in [1.165, 1.54) is 7.11 Å². The summed E-state index contributed by atoms with van der Waals surface area (Å²) in [6.45, 7) is 10.8. The van der Waals surface area contributed by atoms with Gasteiger partial charge in [-0.15, -0.1) is 0 Å². The molecule has 0 bridgehead atoms. The van der Waals surface area contributed by atoms with Crippen molar-refractivity contribution in [3.8, 4) is 22.8 Å². The van der Waals surface area contributed by atoms with Gasteiger partial charge < -0.3 is 34.9 Å². The van der Waals surface area contributed by atoms with Crippen molar-refractivity contribution < 1.29 is 42.9 Å². The number of carbonyl (C=O) groups is 5. The maximum Gasteiger partial charge on any atom is 0.329 e. The van der Waals surface area contributed by atoms with E-state index in [9.17, 15) is 24.0 Å². The highest BCUT2D eigenvalue weighted by Gasteiger charge is 2.41. The first-order valence-electron chi connectivity index (χ1n) is 20.8. The molecule has 1 heterocycles. The number of aromatic nitrogens is 1. The number of methoxy groups -OCH3 is 2. The zero-order valence-corrected chi connectivity index (χ0v) is 35.6. The van der Waals surface area contributed by atoms with Crippen LogP contribution in [0.15, 0.2) is 66.2 Å². The third kappa shape index (κ3) is 11.6. The lowest BCUT2D eigenvalue weighted by Gasteiger charge is -2.31. The Labute approximate surface area is 347 Å².